The lowest BCUT2D eigenvalue weighted by Crippen LogP contribution is -2.44. The number of likely N-dealkylation sites (N-methyl/N-ethyl adjacent to an activating group) is 1. The molecule has 3 N–H and O–H groups in total. The van der Waals surface area contributed by atoms with Crippen LogP contribution in [0.5, 0.6) is 0 Å². The highest BCUT2D eigenvalue weighted by atomic mass is 127. The number of aliphatic imine (C=N–C) groups is 1. The van der Waals surface area contributed by atoms with E-state index >= 15 is 0 Å². The summed E-state index contributed by atoms with van der Waals surface area (Å²) in [4.78, 5) is 18.6. The Hall–Kier alpha value is -1.35. The van der Waals surface area contributed by atoms with Gasteiger partial charge in [-0.3, -0.25) is 4.79 Å². The standard InChI is InChI=1S/C20H35N5O.HI/c1-8-21-19(23-14-18(26)24-20(3,4)5)22-13-17(25(6)7)16-11-9-15(2)10-12-16;/h9-12,17H,8,13-14H2,1-7H3,(H,24,26)(H2,21,22,23);1H. The molecule has 1 unspecified atom stereocenters. The molecule has 0 saturated carbocycles. The Morgan fingerprint density at radius 3 is 2.22 bits per heavy atom. The number of carbonyl (C=O) groups excluding carboxylic acids is 1. The molecular formula is C20H36IN5O. The molecule has 0 aliphatic heterocycles. The number of aryl methyl sites for hydroxylation is 1. The van der Waals surface area contributed by atoms with Gasteiger partial charge in [-0.05, 0) is 54.3 Å². The van der Waals surface area contributed by atoms with Gasteiger partial charge in [-0.1, -0.05) is 29.8 Å². The number of nitrogens with one attached hydrogen (secondary N) is 3. The molecule has 1 rings (SSSR count). The van der Waals surface area contributed by atoms with Crippen LogP contribution in [0, 0.1) is 6.92 Å². The second-order valence-electron chi connectivity index (χ2n) is 7.76. The number of rotatable bonds is 7. The molecule has 0 spiro atoms. The number of hydrogen-bond donors (Lipinski definition) is 3. The van der Waals surface area contributed by atoms with Crippen molar-refractivity contribution in [3.8, 4) is 0 Å². The lowest BCUT2D eigenvalue weighted by atomic mass is 10.0. The van der Waals surface area contributed by atoms with Crippen LogP contribution in [-0.4, -0.2) is 56.0 Å². The fourth-order valence-electron chi connectivity index (χ4n) is 2.53. The molecule has 1 aromatic rings. The van der Waals surface area contributed by atoms with Crippen LogP contribution in [-0.2, 0) is 4.79 Å². The van der Waals surface area contributed by atoms with Gasteiger partial charge in [0.1, 0.15) is 6.54 Å². The number of carbonyl (C=O) groups is 1. The van der Waals surface area contributed by atoms with Gasteiger partial charge in [-0.25, -0.2) is 4.99 Å². The van der Waals surface area contributed by atoms with Crippen molar-refractivity contribution >= 4 is 35.8 Å². The van der Waals surface area contributed by atoms with E-state index in [1.165, 1.54) is 11.1 Å². The van der Waals surface area contributed by atoms with E-state index in [4.69, 9.17) is 0 Å². The van der Waals surface area contributed by atoms with E-state index in [0.29, 0.717) is 12.5 Å². The average molecular weight is 489 g/mol. The maximum atomic E-state index is 12.0. The van der Waals surface area contributed by atoms with Crippen LogP contribution in [0.1, 0.15) is 44.9 Å². The van der Waals surface area contributed by atoms with Crippen molar-refractivity contribution in [2.45, 2.75) is 46.2 Å². The number of nitrogens with zero attached hydrogens (tertiary/aromatic N) is 2. The lowest BCUT2D eigenvalue weighted by molar-refractivity contribution is -0.121. The molecule has 0 saturated heterocycles. The normalized spacial score (nSPS) is 13.0. The topological polar surface area (TPSA) is 68.8 Å². The minimum absolute atomic E-state index is 0. The maximum absolute atomic E-state index is 12.0. The van der Waals surface area contributed by atoms with Crippen molar-refractivity contribution in [1.82, 2.24) is 20.9 Å². The summed E-state index contributed by atoms with van der Waals surface area (Å²) in [5.74, 6) is 0.563. The highest BCUT2D eigenvalue weighted by Crippen LogP contribution is 2.17. The van der Waals surface area contributed by atoms with E-state index < -0.39 is 0 Å². The van der Waals surface area contributed by atoms with Crippen LogP contribution in [0.4, 0.5) is 0 Å². The number of hydrogen-bond acceptors (Lipinski definition) is 3. The molecule has 1 amide bonds. The summed E-state index contributed by atoms with van der Waals surface area (Å²) >= 11 is 0. The molecule has 0 bridgehead atoms. The van der Waals surface area contributed by atoms with Crippen molar-refractivity contribution in [3.63, 3.8) is 0 Å². The van der Waals surface area contributed by atoms with Crippen molar-refractivity contribution in [2.75, 3.05) is 33.7 Å². The first-order valence-corrected chi connectivity index (χ1v) is 9.18. The molecule has 0 heterocycles. The van der Waals surface area contributed by atoms with E-state index in [9.17, 15) is 4.79 Å². The summed E-state index contributed by atoms with van der Waals surface area (Å²) in [7, 11) is 4.13. The molecular weight excluding hydrogens is 453 g/mol. The molecule has 0 radical (unpaired) electrons. The van der Waals surface area contributed by atoms with E-state index in [-0.39, 0.29) is 48.0 Å². The fourth-order valence-corrected chi connectivity index (χ4v) is 2.53. The van der Waals surface area contributed by atoms with Gasteiger partial charge in [-0.15, -0.1) is 24.0 Å². The summed E-state index contributed by atoms with van der Waals surface area (Å²) in [6.45, 7) is 11.5. The van der Waals surface area contributed by atoms with Crippen molar-refractivity contribution < 1.29 is 4.79 Å². The number of amides is 1. The quantitative estimate of drug-likeness (QED) is 0.313. The Morgan fingerprint density at radius 2 is 1.74 bits per heavy atom. The Bertz CT molecular complexity index is 593. The molecule has 6 nitrogen and oxygen atoms in total. The average Bonchev–Trinajstić information content (AvgIpc) is 2.52. The SMILES string of the molecule is CCNC(=NCC(=O)NC(C)(C)C)NCC(c1ccc(C)cc1)N(C)C.I. The third-order valence-corrected chi connectivity index (χ3v) is 3.79. The van der Waals surface area contributed by atoms with Gasteiger partial charge in [0, 0.05) is 18.6 Å². The number of benzene rings is 1. The van der Waals surface area contributed by atoms with Gasteiger partial charge in [0.2, 0.25) is 5.91 Å². The number of halogens is 1. The Morgan fingerprint density at radius 1 is 1.15 bits per heavy atom. The van der Waals surface area contributed by atoms with Crippen LogP contribution in [0.15, 0.2) is 29.3 Å². The third kappa shape index (κ3) is 10.5. The predicted molar refractivity (Wildman–Crippen MR) is 125 cm³/mol. The second-order valence-corrected chi connectivity index (χ2v) is 7.76. The number of guanidine groups is 1. The van der Waals surface area contributed by atoms with Crippen LogP contribution in [0.2, 0.25) is 0 Å². The largest absolute Gasteiger partial charge is 0.357 e. The van der Waals surface area contributed by atoms with Crippen LogP contribution >= 0.6 is 24.0 Å². The van der Waals surface area contributed by atoms with Crippen molar-refractivity contribution in [2.24, 2.45) is 4.99 Å². The van der Waals surface area contributed by atoms with E-state index in [1.807, 2.05) is 27.7 Å². The summed E-state index contributed by atoms with van der Waals surface area (Å²) in [5, 5.41) is 9.47. The van der Waals surface area contributed by atoms with Gasteiger partial charge in [0.15, 0.2) is 5.96 Å². The zero-order chi connectivity index (χ0) is 19.7. The molecule has 0 fully saturated rings. The van der Waals surface area contributed by atoms with Gasteiger partial charge in [0.25, 0.3) is 0 Å². The molecule has 0 aliphatic carbocycles. The zero-order valence-electron chi connectivity index (χ0n) is 17.7. The second kappa shape index (κ2) is 12.2. The summed E-state index contributed by atoms with van der Waals surface area (Å²) in [5.41, 5.74) is 2.24. The van der Waals surface area contributed by atoms with E-state index in [1.54, 1.807) is 0 Å². The first kappa shape index (κ1) is 25.6. The molecule has 154 valence electrons. The van der Waals surface area contributed by atoms with Crippen LogP contribution < -0.4 is 16.0 Å². The van der Waals surface area contributed by atoms with Crippen LogP contribution in [0.25, 0.3) is 0 Å². The van der Waals surface area contributed by atoms with E-state index in [0.717, 1.165) is 6.54 Å². The first-order valence-electron chi connectivity index (χ1n) is 9.18. The molecule has 7 heteroatoms. The van der Waals surface area contributed by atoms with Gasteiger partial charge >= 0.3 is 0 Å². The Kier molecular flexibility index (Phi) is 11.6. The zero-order valence-corrected chi connectivity index (χ0v) is 20.0. The van der Waals surface area contributed by atoms with E-state index in [2.05, 4.69) is 71.1 Å². The smallest absolute Gasteiger partial charge is 0.242 e. The maximum Gasteiger partial charge on any atom is 0.242 e. The predicted octanol–water partition coefficient (Wildman–Crippen LogP) is 2.69. The highest BCUT2D eigenvalue weighted by Gasteiger charge is 2.16. The van der Waals surface area contributed by atoms with Crippen molar-refractivity contribution in [3.05, 3.63) is 35.4 Å². The highest BCUT2D eigenvalue weighted by molar-refractivity contribution is 14.0. The van der Waals surface area contributed by atoms with Gasteiger partial charge in [-0.2, -0.15) is 0 Å². The van der Waals surface area contributed by atoms with Gasteiger partial charge < -0.3 is 20.9 Å². The Labute approximate surface area is 181 Å². The van der Waals surface area contributed by atoms with Crippen molar-refractivity contribution in [1.29, 1.82) is 0 Å². The molecule has 27 heavy (non-hydrogen) atoms. The monoisotopic (exact) mass is 489 g/mol. The minimum atomic E-state index is -0.250. The molecule has 0 aliphatic rings. The third-order valence-electron chi connectivity index (χ3n) is 3.79. The Balaban J connectivity index is 0.00000676. The fraction of sp³-hybridized carbons (Fsp3) is 0.600. The summed E-state index contributed by atoms with van der Waals surface area (Å²) in [6, 6.07) is 8.78. The lowest BCUT2D eigenvalue weighted by Gasteiger charge is -2.26. The summed E-state index contributed by atoms with van der Waals surface area (Å²) < 4.78 is 0. The minimum Gasteiger partial charge on any atom is -0.357 e. The molecule has 0 aromatic heterocycles. The summed E-state index contributed by atoms with van der Waals surface area (Å²) in [6.07, 6.45) is 0. The van der Waals surface area contributed by atoms with Gasteiger partial charge in [0.05, 0.1) is 6.04 Å². The first-order chi connectivity index (χ1) is 12.1. The molecule has 1 aromatic carbocycles. The molecule has 1 atom stereocenters. The van der Waals surface area contributed by atoms with Crippen LogP contribution in [0.3, 0.4) is 0 Å².